The van der Waals surface area contributed by atoms with E-state index in [2.05, 4.69) is 10.3 Å². The van der Waals surface area contributed by atoms with Gasteiger partial charge in [0.25, 0.3) is 5.91 Å². The molecule has 1 fully saturated rings. The fraction of sp³-hybridized carbons (Fsp3) is 0.292. The number of hydrogen-bond donors (Lipinski definition) is 2. The Morgan fingerprint density at radius 1 is 1.24 bits per heavy atom. The highest BCUT2D eigenvalue weighted by atomic mass is 16.5. The minimum absolute atomic E-state index is 0.0854. The van der Waals surface area contributed by atoms with Crippen molar-refractivity contribution in [1.82, 2.24) is 14.5 Å². The third-order valence-electron chi connectivity index (χ3n) is 5.72. The molecule has 9 nitrogen and oxygen atoms in total. The van der Waals surface area contributed by atoms with E-state index in [-0.39, 0.29) is 31.6 Å². The van der Waals surface area contributed by atoms with Crippen molar-refractivity contribution in [2.45, 2.75) is 18.7 Å². The van der Waals surface area contributed by atoms with Crippen molar-refractivity contribution in [1.29, 1.82) is 0 Å². The molecular formula is C24H26N4O5. The van der Waals surface area contributed by atoms with Crippen molar-refractivity contribution in [3.8, 4) is 5.75 Å². The Morgan fingerprint density at radius 3 is 2.67 bits per heavy atom. The topological polar surface area (TPSA) is 106 Å². The third kappa shape index (κ3) is 4.74. The molecule has 0 saturated carbocycles. The molecule has 9 heteroatoms. The van der Waals surface area contributed by atoms with Gasteiger partial charge in [-0.05, 0) is 29.8 Å². The number of nitrogens with one attached hydrogen (secondary N) is 1. The highest BCUT2D eigenvalue weighted by Crippen LogP contribution is 2.31. The molecule has 2 heterocycles. The number of amides is 2. The third-order valence-corrected chi connectivity index (χ3v) is 5.72. The number of carbonyl (C=O) groups excluding carboxylic acids is 2. The van der Waals surface area contributed by atoms with Gasteiger partial charge in [0.1, 0.15) is 24.3 Å². The number of imidazole rings is 1. The summed E-state index contributed by atoms with van der Waals surface area (Å²) in [5.74, 6) is 0.727. The lowest BCUT2D eigenvalue weighted by Gasteiger charge is -2.40. The molecule has 33 heavy (non-hydrogen) atoms. The number of nitrogens with zero attached hydrogens (tertiary/aromatic N) is 3. The van der Waals surface area contributed by atoms with E-state index >= 15 is 0 Å². The van der Waals surface area contributed by atoms with Crippen LogP contribution in [0.25, 0.3) is 0 Å². The standard InChI is InChI=1S/C24H26N4O5/c1-27-12-11-25-21(27)13-28-19(14-29)23(33-15-22(28)30)16-7-9-17(10-8-16)26-24(31)18-5-3-4-6-20(18)32-2/h3-12,19,23,29H,13-15H2,1-2H3,(H,26,31). The molecular weight excluding hydrogens is 424 g/mol. The van der Waals surface area contributed by atoms with Crippen LogP contribution in [0, 0.1) is 0 Å². The summed E-state index contributed by atoms with van der Waals surface area (Å²) in [6.45, 7) is -0.0640. The van der Waals surface area contributed by atoms with Gasteiger partial charge in [0.15, 0.2) is 0 Å². The second kappa shape index (κ2) is 9.85. The summed E-state index contributed by atoms with van der Waals surface area (Å²) in [6, 6.07) is 13.6. The number of morpholine rings is 1. The number of rotatable bonds is 7. The Morgan fingerprint density at radius 2 is 2.00 bits per heavy atom. The molecule has 1 aliphatic rings. The molecule has 172 valence electrons. The number of carbonyl (C=O) groups is 2. The van der Waals surface area contributed by atoms with Gasteiger partial charge in [-0.15, -0.1) is 0 Å². The predicted molar refractivity (Wildman–Crippen MR) is 121 cm³/mol. The van der Waals surface area contributed by atoms with E-state index in [9.17, 15) is 14.7 Å². The number of methoxy groups -OCH3 is 1. The van der Waals surface area contributed by atoms with Crippen molar-refractivity contribution in [3.05, 3.63) is 77.9 Å². The van der Waals surface area contributed by atoms with Gasteiger partial charge in [0, 0.05) is 25.1 Å². The van der Waals surface area contributed by atoms with E-state index in [1.54, 1.807) is 47.5 Å². The van der Waals surface area contributed by atoms with Crippen molar-refractivity contribution in [2.24, 2.45) is 7.05 Å². The predicted octanol–water partition coefficient (Wildman–Crippen LogP) is 2.14. The summed E-state index contributed by atoms with van der Waals surface area (Å²) < 4.78 is 12.9. The Kier molecular flexibility index (Phi) is 6.71. The highest BCUT2D eigenvalue weighted by molar-refractivity contribution is 6.06. The number of para-hydroxylation sites is 1. The van der Waals surface area contributed by atoms with Crippen LogP contribution in [-0.2, 0) is 23.1 Å². The number of aryl methyl sites for hydroxylation is 1. The Bertz CT molecular complexity index is 1130. The summed E-state index contributed by atoms with van der Waals surface area (Å²) in [5, 5.41) is 12.9. The molecule has 1 aromatic heterocycles. The fourth-order valence-corrected chi connectivity index (χ4v) is 3.91. The first-order valence-electron chi connectivity index (χ1n) is 10.5. The van der Waals surface area contributed by atoms with Gasteiger partial charge in [-0.1, -0.05) is 24.3 Å². The summed E-state index contributed by atoms with van der Waals surface area (Å²) in [5.41, 5.74) is 1.83. The van der Waals surface area contributed by atoms with Crippen LogP contribution >= 0.6 is 0 Å². The molecule has 1 saturated heterocycles. The zero-order chi connectivity index (χ0) is 23.4. The van der Waals surface area contributed by atoms with E-state index in [4.69, 9.17) is 9.47 Å². The first-order chi connectivity index (χ1) is 16.0. The number of hydrogen-bond acceptors (Lipinski definition) is 6. The first kappa shape index (κ1) is 22.5. The minimum Gasteiger partial charge on any atom is -0.496 e. The van der Waals surface area contributed by atoms with Crippen LogP contribution in [0.3, 0.4) is 0 Å². The lowest BCUT2D eigenvalue weighted by Crippen LogP contribution is -2.52. The number of benzene rings is 2. The van der Waals surface area contributed by atoms with Crippen LogP contribution in [0.15, 0.2) is 60.9 Å². The Hall–Kier alpha value is -3.69. The fourth-order valence-electron chi connectivity index (χ4n) is 3.91. The van der Waals surface area contributed by atoms with Crippen LogP contribution < -0.4 is 10.1 Å². The summed E-state index contributed by atoms with van der Waals surface area (Å²) in [6.07, 6.45) is 2.97. The maximum Gasteiger partial charge on any atom is 0.259 e. The molecule has 2 amide bonds. The molecule has 1 aliphatic heterocycles. The summed E-state index contributed by atoms with van der Waals surface area (Å²) in [7, 11) is 3.38. The van der Waals surface area contributed by atoms with Gasteiger partial charge in [-0.2, -0.15) is 0 Å². The largest absolute Gasteiger partial charge is 0.496 e. The average Bonchev–Trinajstić information content (AvgIpc) is 3.25. The maximum absolute atomic E-state index is 12.6. The molecule has 0 bridgehead atoms. The average molecular weight is 450 g/mol. The van der Waals surface area contributed by atoms with E-state index < -0.39 is 12.1 Å². The lowest BCUT2D eigenvalue weighted by molar-refractivity contribution is -0.162. The zero-order valence-corrected chi connectivity index (χ0v) is 18.5. The second-order valence-corrected chi connectivity index (χ2v) is 7.73. The normalized spacial score (nSPS) is 18.3. The van der Waals surface area contributed by atoms with Crippen LogP contribution in [0.2, 0.25) is 0 Å². The highest BCUT2D eigenvalue weighted by Gasteiger charge is 2.37. The van der Waals surface area contributed by atoms with E-state index in [0.29, 0.717) is 17.0 Å². The zero-order valence-electron chi connectivity index (χ0n) is 18.5. The Balaban J connectivity index is 1.49. The number of ether oxygens (including phenoxy) is 2. The van der Waals surface area contributed by atoms with Crippen molar-refractivity contribution in [3.63, 3.8) is 0 Å². The van der Waals surface area contributed by atoms with Crippen molar-refractivity contribution >= 4 is 17.5 Å². The monoisotopic (exact) mass is 450 g/mol. The number of anilines is 1. The SMILES string of the molecule is COc1ccccc1C(=O)Nc1ccc(C2OCC(=O)N(Cc3nccn3C)C2CO)cc1. The second-order valence-electron chi connectivity index (χ2n) is 7.73. The summed E-state index contributed by atoms with van der Waals surface area (Å²) in [4.78, 5) is 31.1. The first-order valence-corrected chi connectivity index (χ1v) is 10.5. The van der Waals surface area contributed by atoms with E-state index in [0.717, 1.165) is 11.4 Å². The van der Waals surface area contributed by atoms with Crippen LogP contribution in [0.1, 0.15) is 27.8 Å². The van der Waals surface area contributed by atoms with E-state index in [1.165, 1.54) is 7.11 Å². The van der Waals surface area contributed by atoms with Crippen LogP contribution in [-0.4, -0.2) is 57.7 Å². The lowest BCUT2D eigenvalue weighted by atomic mass is 9.99. The van der Waals surface area contributed by atoms with Crippen LogP contribution in [0.5, 0.6) is 5.75 Å². The van der Waals surface area contributed by atoms with Gasteiger partial charge in [0.05, 0.1) is 31.9 Å². The molecule has 0 aliphatic carbocycles. The molecule has 2 N–H and O–H groups in total. The smallest absolute Gasteiger partial charge is 0.259 e. The van der Waals surface area contributed by atoms with Crippen molar-refractivity contribution < 1.29 is 24.2 Å². The molecule has 2 aromatic carbocycles. The van der Waals surface area contributed by atoms with Crippen LogP contribution in [0.4, 0.5) is 5.69 Å². The molecule has 0 radical (unpaired) electrons. The molecule has 3 aromatic rings. The van der Waals surface area contributed by atoms with Crippen molar-refractivity contribution in [2.75, 3.05) is 25.6 Å². The number of aliphatic hydroxyl groups excluding tert-OH is 1. The maximum atomic E-state index is 12.6. The Labute approximate surface area is 191 Å². The quantitative estimate of drug-likeness (QED) is 0.571. The number of aliphatic hydroxyl groups is 1. The number of aromatic nitrogens is 2. The molecule has 4 rings (SSSR count). The summed E-state index contributed by atoms with van der Waals surface area (Å²) >= 11 is 0. The van der Waals surface area contributed by atoms with E-state index in [1.807, 2.05) is 29.9 Å². The van der Waals surface area contributed by atoms with Gasteiger partial charge >= 0.3 is 0 Å². The minimum atomic E-state index is -0.558. The van der Waals surface area contributed by atoms with Gasteiger partial charge in [-0.25, -0.2) is 4.98 Å². The van der Waals surface area contributed by atoms with Gasteiger partial charge in [-0.3, -0.25) is 9.59 Å². The molecule has 2 unspecified atom stereocenters. The van der Waals surface area contributed by atoms with Gasteiger partial charge in [0.2, 0.25) is 5.91 Å². The van der Waals surface area contributed by atoms with Gasteiger partial charge < -0.3 is 29.4 Å². The molecule has 0 spiro atoms. The molecule has 2 atom stereocenters.